The fourth-order valence-electron chi connectivity index (χ4n) is 0.651. The van der Waals surface area contributed by atoms with Crippen molar-refractivity contribution in [1.82, 2.24) is 0 Å². The van der Waals surface area contributed by atoms with Gasteiger partial charge in [0.2, 0.25) is 5.90 Å². The lowest BCUT2D eigenvalue weighted by molar-refractivity contribution is -0.137. The van der Waals surface area contributed by atoms with E-state index in [0.29, 0.717) is 5.90 Å². The maximum absolute atomic E-state index is 10.9. The predicted molar refractivity (Wildman–Crippen MR) is 37.8 cm³/mol. The average molecular weight is 139 g/mol. The topological polar surface area (TPSA) is 38.7 Å². The molecule has 1 rings (SSSR count). The second kappa shape index (κ2) is 1.94. The van der Waals surface area contributed by atoms with Crippen LogP contribution in [0.1, 0.15) is 13.8 Å². The van der Waals surface area contributed by atoms with Gasteiger partial charge in [0.1, 0.15) is 0 Å². The molecule has 0 atom stereocenters. The van der Waals surface area contributed by atoms with E-state index in [4.69, 9.17) is 4.74 Å². The van der Waals surface area contributed by atoms with Gasteiger partial charge in [-0.15, -0.1) is 0 Å². The summed E-state index contributed by atoms with van der Waals surface area (Å²) in [5.74, 6) is -0.00241. The molecule has 0 spiro atoms. The zero-order chi connectivity index (χ0) is 7.78. The number of aliphatic imine (C=N–C) groups is 1. The molecule has 3 nitrogen and oxygen atoms in total. The summed E-state index contributed by atoms with van der Waals surface area (Å²) >= 11 is 0. The first kappa shape index (κ1) is 6.99. The lowest BCUT2D eigenvalue weighted by Crippen LogP contribution is -2.25. The molecule has 0 bridgehead atoms. The van der Waals surface area contributed by atoms with Crippen molar-refractivity contribution in [2.75, 3.05) is 0 Å². The van der Waals surface area contributed by atoms with Crippen LogP contribution in [0.15, 0.2) is 17.6 Å². The number of ether oxygens (including phenoxy) is 1. The Morgan fingerprint density at radius 2 is 2.30 bits per heavy atom. The molecule has 0 aromatic carbocycles. The average Bonchev–Trinajstić information content (AvgIpc) is 2.08. The van der Waals surface area contributed by atoms with E-state index in [1.165, 1.54) is 6.08 Å². The Balaban J connectivity index is 2.91. The summed E-state index contributed by atoms with van der Waals surface area (Å²) in [5.41, 5.74) is -0.719. The second-order valence-electron chi connectivity index (χ2n) is 2.60. The fraction of sp³-hybridized carbons (Fsp3) is 0.429. The minimum atomic E-state index is -0.719. The highest BCUT2D eigenvalue weighted by Crippen LogP contribution is 2.18. The molecule has 0 fully saturated rings. The fourth-order valence-corrected chi connectivity index (χ4v) is 0.651. The van der Waals surface area contributed by atoms with Crippen LogP contribution < -0.4 is 0 Å². The minimum absolute atomic E-state index is 0.315. The molecule has 1 heterocycles. The molecule has 0 aliphatic carbocycles. The minimum Gasteiger partial charge on any atom is -0.406 e. The van der Waals surface area contributed by atoms with Crippen molar-refractivity contribution in [2.24, 2.45) is 4.99 Å². The van der Waals surface area contributed by atoms with Crippen LogP contribution in [-0.2, 0) is 9.53 Å². The number of hydrogen-bond acceptors (Lipinski definition) is 3. The number of carbonyl (C=O) groups excluding carboxylic acids is 1. The summed E-state index contributed by atoms with van der Waals surface area (Å²) < 4.78 is 4.72. The molecular formula is C7H9NO2. The van der Waals surface area contributed by atoms with Gasteiger partial charge in [-0.2, -0.15) is 0 Å². The van der Waals surface area contributed by atoms with Gasteiger partial charge in [0.15, 0.2) is 5.54 Å². The van der Waals surface area contributed by atoms with Crippen molar-refractivity contribution in [3.8, 4) is 0 Å². The van der Waals surface area contributed by atoms with Crippen LogP contribution in [0.2, 0.25) is 0 Å². The predicted octanol–water partition coefficient (Wildman–Crippen LogP) is 0.906. The third-order valence-corrected chi connectivity index (χ3v) is 1.26. The SMILES string of the molecule is C=CC1=NC(C)(C)C(=O)O1. The van der Waals surface area contributed by atoms with Gasteiger partial charge in [-0.25, -0.2) is 9.79 Å². The Labute approximate surface area is 59.4 Å². The monoisotopic (exact) mass is 139 g/mol. The number of cyclic esters (lactones) is 1. The lowest BCUT2D eigenvalue weighted by Gasteiger charge is -2.05. The summed E-state index contributed by atoms with van der Waals surface area (Å²) in [6, 6.07) is 0. The largest absolute Gasteiger partial charge is 0.406 e. The molecule has 3 heteroatoms. The van der Waals surface area contributed by atoms with Crippen LogP contribution >= 0.6 is 0 Å². The van der Waals surface area contributed by atoms with Crippen molar-refractivity contribution in [2.45, 2.75) is 19.4 Å². The van der Waals surface area contributed by atoms with Crippen LogP contribution in [0, 0.1) is 0 Å². The molecule has 0 saturated heterocycles. The van der Waals surface area contributed by atoms with Crippen LogP contribution in [0.4, 0.5) is 0 Å². The molecule has 0 unspecified atom stereocenters. The van der Waals surface area contributed by atoms with Gasteiger partial charge in [0.25, 0.3) is 0 Å². The van der Waals surface area contributed by atoms with Gasteiger partial charge in [-0.1, -0.05) is 6.58 Å². The molecule has 1 aliphatic heterocycles. The quantitative estimate of drug-likeness (QED) is 0.506. The number of esters is 1. The second-order valence-corrected chi connectivity index (χ2v) is 2.60. The molecule has 1 aliphatic rings. The van der Waals surface area contributed by atoms with Crippen LogP contribution in [0.5, 0.6) is 0 Å². The molecule has 0 radical (unpaired) electrons. The zero-order valence-corrected chi connectivity index (χ0v) is 6.05. The molecule has 10 heavy (non-hydrogen) atoms. The summed E-state index contributed by atoms with van der Waals surface area (Å²) in [6.07, 6.45) is 1.42. The van der Waals surface area contributed by atoms with Crippen molar-refractivity contribution < 1.29 is 9.53 Å². The highest BCUT2D eigenvalue weighted by molar-refractivity contribution is 6.04. The molecule has 0 amide bonds. The van der Waals surface area contributed by atoms with Gasteiger partial charge in [0, 0.05) is 0 Å². The van der Waals surface area contributed by atoms with E-state index in [1.54, 1.807) is 13.8 Å². The van der Waals surface area contributed by atoms with E-state index in [0.717, 1.165) is 0 Å². The van der Waals surface area contributed by atoms with Crippen molar-refractivity contribution in [3.05, 3.63) is 12.7 Å². The van der Waals surface area contributed by atoms with E-state index < -0.39 is 5.54 Å². The van der Waals surface area contributed by atoms with Crippen molar-refractivity contribution >= 4 is 11.9 Å². The molecule has 0 aromatic rings. The van der Waals surface area contributed by atoms with Gasteiger partial charge in [-0.05, 0) is 19.9 Å². The smallest absolute Gasteiger partial charge is 0.340 e. The maximum Gasteiger partial charge on any atom is 0.340 e. The summed E-state index contributed by atoms with van der Waals surface area (Å²) in [4.78, 5) is 14.8. The van der Waals surface area contributed by atoms with E-state index >= 15 is 0 Å². The molecule has 54 valence electrons. The van der Waals surface area contributed by atoms with Crippen molar-refractivity contribution in [3.63, 3.8) is 0 Å². The van der Waals surface area contributed by atoms with E-state index in [1.807, 2.05) is 0 Å². The van der Waals surface area contributed by atoms with Crippen molar-refractivity contribution in [1.29, 1.82) is 0 Å². The number of nitrogens with zero attached hydrogens (tertiary/aromatic N) is 1. The van der Waals surface area contributed by atoms with E-state index in [2.05, 4.69) is 11.6 Å². The highest BCUT2D eigenvalue weighted by atomic mass is 16.6. The summed E-state index contributed by atoms with van der Waals surface area (Å²) in [6.45, 7) is 6.84. The standard InChI is InChI=1S/C7H9NO2/c1-4-5-8-7(2,3)6(9)10-5/h4H,1H2,2-3H3. The number of hydrogen-bond donors (Lipinski definition) is 0. The first-order chi connectivity index (χ1) is 4.56. The van der Waals surface area contributed by atoms with Gasteiger partial charge < -0.3 is 4.74 Å². The molecule has 0 N–H and O–H groups in total. The third kappa shape index (κ3) is 0.943. The highest BCUT2D eigenvalue weighted by Gasteiger charge is 2.35. The summed E-state index contributed by atoms with van der Waals surface area (Å²) in [7, 11) is 0. The molecular weight excluding hydrogens is 130 g/mol. The Kier molecular flexibility index (Phi) is 1.35. The van der Waals surface area contributed by atoms with E-state index in [9.17, 15) is 4.79 Å². The Morgan fingerprint density at radius 3 is 2.50 bits per heavy atom. The zero-order valence-electron chi connectivity index (χ0n) is 6.05. The normalized spacial score (nSPS) is 21.8. The first-order valence-corrected chi connectivity index (χ1v) is 3.01. The lowest BCUT2D eigenvalue weighted by atomic mass is 10.1. The van der Waals surface area contributed by atoms with Gasteiger partial charge >= 0.3 is 5.97 Å². The number of carbonyl (C=O) groups is 1. The third-order valence-electron chi connectivity index (χ3n) is 1.26. The van der Waals surface area contributed by atoms with Gasteiger partial charge in [-0.3, -0.25) is 0 Å². The summed E-state index contributed by atoms with van der Waals surface area (Å²) in [5, 5.41) is 0. The number of rotatable bonds is 1. The Morgan fingerprint density at radius 1 is 1.70 bits per heavy atom. The van der Waals surface area contributed by atoms with Crippen LogP contribution in [-0.4, -0.2) is 17.4 Å². The Bertz CT molecular complexity index is 216. The van der Waals surface area contributed by atoms with Gasteiger partial charge in [0.05, 0.1) is 0 Å². The first-order valence-electron chi connectivity index (χ1n) is 3.01. The molecule has 0 saturated carbocycles. The van der Waals surface area contributed by atoms with E-state index in [-0.39, 0.29) is 5.97 Å². The van der Waals surface area contributed by atoms with Crippen LogP contribution in [0.3, 0.4) is 0 Å². The van der Waals surface area contributed by atoms with Crippen LogP contribution in [0.25, 0.3) is 0 Å². The Hall–Kier alpha value is -1.12. The maximum atomic E-state index is 10.9. The molecule has 0 aromatic heterocycles.